The van der Waals surface area contributed by atoms with Gasteiger partial charge in [0.2, 0.25) is 5.82 Å². The predicted octanol–water partition coefficient (Wildman–Crippen LogP) is 2.07. The summed E-state index contributed by atoms with van der Waals surface area (Å²) < 4.78 is 0. The second-order valence-corrected chi connectivity index (χ2v) is 4.10. The van der Waals surface area contributed by atoms with E-state index < -0.39 is 0 Å². The molecule has 0 fully saturated rings. The van der Waals surface area contributed by atoms with Crippen LogP contribution in [0.25, 0.3) is 0 Å². The lowest BCUT2D eigenvalue weighted by Gasteiger charge is -1.96. The van der Waals surface area contributed by atoms with Crippen molar-refractivity contribution in [3.63, 3.8) is 0 Å². The molecule has 0 saturated heterocycles. The van der Waals surface area contributed by atoms with E-state index in [2.05, 4.69) is 20.5 Å². The molecule has 16 heavy (non-hydrogen) atoms. The van der Waals surface area contributed by atoms with Gasteiger partial charge in [0.15, 0.2) is 0 Å². The standard InChI is InChI=1S/C10H12N4OS/c1-2-3-8-12-9(14-13-8)10(15)11-7-4-5-16-6-7/h4-6H,2-3H2,1H3,(H,11,15)(H,12,13,14). The van der Waals surface area contributed by atoms with Crippen molar-refractivity contribution in [1.29, 1.82) is 0 Å². The molecular formula is C10H12N4OS. The van der Waals surface area contributed by atoms with Crippen LogP contribution in [0, 0.1) is 0 Å². The molecule has 0 unspecified atom stereocenters. The van der Waals surface area contributed by atoms with Crippen LogP contribution in [-0.4, -0.2) is 21.1 Å². The normalized spacial score (nSPS) is 10.3. The van der Waals surface area contributed by atoms with Crippen LogP contribution in [0.4, 0.5) is 5.69 Å². The maximum absolute atomic E-state index is 11.7. The third-order valence-corrected chi connectivity index (χ3v) is 2.68. The Bertz CT molecular complexity index is 463. The van der Waals surface area contributed by atoms with Crippen molar-refractivity contribution in [3.8, 4) is 0 Å². The Balaban J connectivity index is 2.03. The summed E-state index contributed by atoms with van der Waals surface area (Å²) in [5.41, 5.74) is 0.775. The minimum absolute atomic E-state index is 0.189. The second kappa shape index (κ2) is 4.89. The summed E-state index contributed by atoms with van der Waals surface area (Å²) in [4.78, 5) is 15.8. The van der Waals surface area contributed by atoms with Gasteiger partial charge < -0.3 is 5.32 Å². The first-order valence-electron chi connectivity index (χ1n) is 5.04. The number of carbonyl (C=O) groups excluding carboxylic acids is 1. The molecule has 2 rings (SSSR count). The Morgan fingerprint density at radius 2 is 2.50 bits per heavy atom. The van der Waals surface area contributed by atoms with Gasteiger partial charge in [-0.25, -0.2) is 4.98 Å². The van der Waals surface area contributed by atoms with E-state index in [1.165, 1.54) is 11.3 Å². The molecular weight excluding hydrogens is 224 g/mol. The smallest absolute Gasteiger partial charge is 0.295 e. The average Bonchev–Trinajstić information content (AvgIpc) is 2.89. The van der Waals surface area contributed by atoms with Gasteiger partial charge in [-0.3, -0.25) is 9.89 Å². The number of hydrogen-bond donors (Lipinski definition) is 2. The van der Waals surface area contributed by atoms with Gasteiger partial charge in [-0.05, 0) is 17.9 Å². The monoisotopic (exact) mass is 236 g/mol. The summed E-state index contributed by atoms with van der Waals surface area (Å²) >= 11 is 1.53. The molecule has 0 saturated carbocycles. The molecule has 2 aromatic rings. The minimum Gasteiger partial charge on any atom is -0.318 e. The topological polar surface area (TPSA) is 70.7 Å². The number of thiophene rings is 1. The van der Waals surface area contributed by atoms with Crippen molar-refractivity contribution in [3.05, 3.63) is 28.5 Å². The molecule has 0 aliphatic rings. The highest BCUT2D eigenvalue weighted by molar-refractivity contribution is 7.08. The van der Waals surface area contributed by atoms with Crippen molar-refractivity contribution in [2.24, 2.45) is 0 Å². The summed E-state index contributed by atoms with van der Waals surface area (Å²) in [6.07, 6.45) is 1.78. The molecule has 2 aromatic heterocycles. The zero-order chi connectivity index (χ0) is 11.4. The Kier molecular flexibility index (Phi) is 3.31. The highest BCUT2D eigenvalue weighted by atomic mass is 32.1. The van der Waals surface area contributed by atoms with Crippen molar-refractivity contribution in [2.75, 3.05) is 5.32 Å². The first-order valence-corrected chi connectivity index (χ1v) is 5.98. The van der Waals surface area contributed by atoms with E-state index in [-0.39, 0.29) is 11.7 Å². The molecule has 2 heterocycles. The van der Waals surface area contributed by atoms with Crippen LogP contribution < -0.4 is 5.32 Å². The fourth-order valence-electron chi connectivity index (χ4n) is 1.27. The van der Waals surface area contributed by atoms with E-state index in [0.717, 1.165) is 24.4 Å². The number of aryl methyl sites for hydroxylation is 1. The van der Waals surface area contributed by atoms with Crippen LogP contribution in [0.15, 0.2) is 16.8 Å². The molecule has 0 atom stereocenters. The van der Waals surface area contributed by atoms with Gasteiger partial charge >= 0.3 is 0 Å². The van der Waals surface area contributed by atoms with Crippen molar-refractivity contribution in [1.82, 2.24) is 15.2 Å². The molecule has 0 aliphatic carbocycles. The number of H-pyrrole nitrogens is 1. The Labute approximate surface area is 96.9 Å². The third-order valence-electron chi connectivity index (χ3n) is 2.00. The largest absolute Gasteiger partial charge is 0.318 e. The molecule has 0 radical (unpaired) electrons. The van der Waals surface area contributed by atoms with E-state index in [1.807, 2.05) is 23.8 Å². The summed E-state index contributed by atoms with van der Waals surface area (Å²) in [5.74, 6) is 0.657. The van der Waals surface area contributed by atoms with Gasteiger partial charge in [-0.15, -0.1) is 5.10 Å². The zero-order valence-corrected chi connectivity index (χ0v) is 9.67. The molecule has 0 aromatic carbocycles. The molecule has 6 heteroatoms. The summed E-state index contributed by atoms with van der Waals surface area (Å²) in [6.45, 7) is 2.05. The first kappa shape index (κ1) is 10.8. The number of aromatic amines is 1. The molecule has 1 amide bonds. The van der Waals surface area contributed by atoms with Gasteiger partial charge in [-0.1, -0.05) is 6.92 Å². The van der Waals surface area contributed by atoms with E-state index in [1.54, 1.807) is 0 Å². The van der Waals surface area contributed by atoms with Gasteiger partial charge in [-0.2, -0.15) is 11.3 Å². The van der Waals surface area contributed by atoms with Crippen LogP contribution in [0.2, 0.25) is 0 Å². The van der Waals surface area contributed by atoms with Gasteiger partial charge in [0, 0.05) is 11.8 Å². The average molecular weight is 236 g/mol. The lowest BCUT2D eigenvalue weighted by molar-refractivity contribution is 0.101. The van der Waals surface area contributed by atoms with Crippen LogP contribution in [0.5, 0.6) is 0 Å². The SMILES string of the molecule is CCCc1nc(C(=O)Nc2ccsc2)n[nH]1. The zero-order valence-electron chi connectivity index (χ0n) is 8.86. The Morgan fingerprint density at radius 1 is 1.62 bits per heavy atom. The molecule has 0 bridgehead atoms. The first-order chi connectivity index (χ1) is 7.79. The lowest BCUT2D eigenvalue weighted by atomic mass is 10.3. The number of anilines is 1. The van der Waals surface area contributed by atoms with Crippen LogP contribution in [0.3, 0.4) is 0 Å². The van der Waals surface area contributed by atoms with Gasteiger partial charge in [0.05, 0.1) is 5.69 Å². The number of aromatic nitrogens is 3. The minimum atomic E-state index is -0.281. The summed E-state index contributed by atoms with van der Waals surface area (Å²) in [6, 6.07) is 1.84. The van der Waals surface area contributed by atoms with Gasteiger partial charge in [0.25, 0.3) is 5.91 Å². The molecule has 5 nitrogen and oxygen atoms in total. The fraction of sp³-hybridized carbons (Fsp3) is 0.300. The molecule has 2 N–H and O–H groups in total. The van der Waals surface area contributed by atoms with Crippen LogP contribution >= 0.6 is 11.3 Å². The summed E-state index contributed by atoms with van der Waals surface area (Å²) in [7, 11) is 0. The number of nitrogens with zero attached hydrogens (tertiary/aromatic N) is 2. The van der Waals surface area contributed by atoms with Gasteiger partial charge in [0.1, 0.15) is 5.82 Å². The number of carbonyl (C=O) groups is 1. The number of nitrogens with one attached hydrogen (secondary N) is 2. The number of rotatable bonds is 4. The Hall–Kier alpha value is -1.69. The van der Waals surface area contributed by atoms with E-state index in [4.69, 9.17) is 0 Å². The van der Waals surface area contributed by atoms with Crippen molar-refractivity contribution < 1.29 is 4.79 Å². The maximum atomic E-state index is 11.7. The van der Waals surface area contributed by atoms with Crippen LogP contribution in [-0.2, 0) is 6.42 Å². The highest BCUT2D eigenvalue weighted by Gasteiger charge is 2.12. The second-order valence-electron chi connectivity index (χ2n) is 3.32. The quantitative estimate of drug-likeness (QED) is 0.853. The van der Waals surface area contributed by atoms with E-state index >= 15 is 0 Å². The Morgan fingerprint density at radius 3 is 3.19 bits per heavy atom. The molecule has 84 valence electrons. The van der Waals surface area contributed by atoms with Crippen molar-refractivity contribution >= 4 is 22.9 Å². The number of amides is 1. The molecule has 0 aliphatic heterocycles. The fourth-order valence-corrected chi connectivity index (χ4v) is 1.86. The van der Waals surface area contributed by atoms with Crippen molar-refractivity contribution in [2.45, 2.75) is 19.8 Å². The predicted molar refractivity (Wildman–Crippen MR) is 62.6 cm³/mol. The maximum Gasteiger partial charge on any atom is 0.295 e. The highest BCUT2D eigenvalue weighted by Crippen LogP contribution is 2.12. The molecule has 0 spiro atoms. The third kappa shape index (κ3) is 2.46. The van der Waals surface area contributed by atoms with E-state index in [9.17, 15) is 4.79 Å². The number of hydrogen-bond acceptors (Lipinski definition) is 4. The van der Waals surface area contributed by atoms with Crippen LogP contribution in [0.1, 0.15) is 29.8 Å². The summed E-state index contributed by atoms with van der Waals surface area (Å²) in [5, 5.41) is 13.1. The van der Waals surface area contributed by atoms with E-state index in [0.29, 0.717) is 0 Å². The lowest BCUT2D eigenvalue weighted by Crippen LogP contribution is -2.13.